The minimum Gasteiger partial charge on any atom is -0.397 e. The van der Waals surface area contributed by atoms with Crippen molar-refractivity contribution in [3.63, 3.8) is 0 Å². The maximum Gasteiger partial charge on any atom is 0.248 e. The van der Waals surface area contributed by atoms with Gasteiger partial charge in [-0.15, -0.1) is 0 Å². The molecule has 0 saturated carbocycles. The summed E-state index contributed by atoms with van der Waals surface area (Å²) in [7, 11) is 0. The number of hydrogen-bond acceptors (Lipinski definition) is 5. The van der Waals surface area contributed by atoms with Crippen LogP contribution in [0.3, 0.4) is 0 Å². The van der Waals surface area contributed by atoms with E-state index in [0.717, 1.165) is 53.9 Å². The third-order valence-corrected chi connectivity index (χ3v) is 7.68. The van der Waals surface area contributed by atoms with Crippen LogP contribution in [0.2, 0.25) is 0 Å². The van der Waals surface area contributed by atoms with Crippen LogP contribution in [0.15, 0.2) is 83.3 Å². The molecule has 204 valence electrons. The van der Waals surface area contributed by atoms with Gasteiger partial charge in [0.05, 0.1) is 11.4 Å². The van der Waals surface area contributed by atoms with E-state index in [-0.39, 0.29) is 11.8 Å². The summed E-state index contributed by atoms with van der Waals surface area (Å²) < 4.78 is 0.961. The Hall–Kier alpha value is -3.46. The summed E-state index contributed by atoms with van der Waals surface area (Å²) in [4.78, 5) is 30.8. The predicted octanol–water partition coefficient (Wildman–Crippen LogP) is 5.78. The van der Waals surface area contributed by atoms with E-state index >= 15 is 0 Å². The number of nitrogens with one attached hydrogen (secondary N) is 2. The lowest BCUT2D eigenvalue weighted by Gasteiger charge is -2.30. The van der Waals surface area contributed by atoms with Crippen LogP contribution < -0.4 is 16.4 Å². The molecule has 4 rings (SSSR count). The molecule has 0 aromatic heterocycles. The Morgan fingerprint density at radius 3 is 2.38 bits per heavy atom. The summed E-state index contributed by atoms with van der Waals surface area (Å²) in [6, 6.07) is 22.6. The molecule has 4 N–H and O–H groups in total. The van der Waals surface area contributed by atoms with Gasteiger partial charge in [0.25, 0.3) is 0 Å². The molecule has 39 heavy (non-hydrogen) atoms. The van der Waals surface area contributed by atoms with Crippen molar-refractivity contribution in [1.82, 2.24) is 9.80 Å². The quantitative estimate of drug-likeness (QED) is 0.206. The molecule has 1 fully saturated rings. The highest BCUT2D eigenvalue weighted by Gasteiger charge is 2.35. The number of rotatable bonds is 10. The molecule has 0 radical (unpaired) electrons. The summed E-state index contributed by atoms with van der Waals surface area (Å²) >= 11 is 3.45. The van der Waals surface area contributed by atoms with E-state index in [9.17, 15) is 9.59 Å². The van der Waals surface area contributed by atoms with E-state index < -0.39 is 6.04 Å². The number of carbonyl (C=O) groups excluding carboxylic acids is 2. The summed E-state index contributed by atoms with van der Waals surface area (Å²) in [5.41, 5.74) is 9.55. The van der Waals surface area contributed by atoms with Gasteiger partial charge >= 0.3 is 0 Å². The molecular weight excluding hydrogens is 554 g/mol. The minimum absolute atomic E-state index is 0.0550. The largest absolute Gasteiger partial charge is 0.397 e. The number of likely N-dealkylation sites (tertiary alicyclic amines) is 1. The molecule has 3 aromatic carbocycles. The third kappa shape index (κ3) is 7.56. The van der Waals surface area contributed by atoms with E-state index in [1.165, 1.54) is 6.08 Å². The van der Waals surface area contributed by atoms with Crippen molar-refractivity contribution in [2.75, 3.05) is 42.5 Å². The standard InChI is InChI=1S/C31H36BrN5O2/c1-3-36(4-2)26-19-20-37(21-26)30(31(39)34-25-16-14-24(32)15-17-25)23-12-9-22(10-13-23)11-18-29(38)35-28-8-6-5-7-27(28)33/h5-18,26,30H,3-4,19-21,33H2,1-2H3,(H,34,39)(H,35,38)/b18-11+. The number of anilines is 3. The molecule has 0 aliphatic carbocycles. The van der Waals surface area contributed by atoms with Gasteiger partial charge in [-0.05, 0) is 73.1 Å². The number of para-hydroxylation sites is 2. The number of nitrogen functional groups attached to an aromatic ring is 1. The Morgan fingerprint density at radius 1 is 1.03 bits per heavy atom. The molecule has 2 unspecified atom stereocenters. The SMILES string of the molecule is CCN(CC)C1CCN(C(C(=O)Nc2ccc(Br)cc2)c2ccc(/C=C/C(=O)Nc3ccccc3N)cc2)C1. The van der Waals surface area contributed by atoms with Gasteiger partial charge in [0.1, 0.15) is 6.04 Å². The van der Waals surface area contributed by atoms with E-state index in [0.29, 0.717) is 17.4 Å². The molecular formula is C31H36BrN5O2. The predicted molar refractivity (Wildman–Crippen MR) is 163 cm³/mol. The van der Waals surface area contributed by atoms with Gasteiger partial charge in [-0.25, -0.2) is 0 Å². The summed E-state index contributed by atoms with van der Waals surface area (Å²) in [5, 5.41) is 5.90. The molecule has 1 saturated heterocycles. The van der Waals surface area contributed by atoms with Crippen LogP contribution in [0.4, 0.5) is 17.1 Å². The van der Waals surface area contributed by atoms with E-state index in [1.54, 1.807) is 18.2 Å². The molecule has 1 heterocycles. The fourth-order valence-corrected chi connectivity index (χ4v) is 5.32. The van der Waals surface area contributed by atoms with Crippen molar-refractivity contribution in [3.05, 3.63) is 94.5 Å². The van der Waals surface area contributed by atoms with Crippen molar-refractivity contribution in [3.8, 4) is 0 Å². The first-order chi connectivity index (χ1) is 18.9. The Labute approximate surface area is 239 Å². The highest BCUT2D eigenvalue weighted by atomic mass is 79.9. The molecule has 0 bridgehead atoms. The number of amides is 2. The smallest absolute Gasteiger partial charge is 0.248 e. The molecule has 2 amide bonds. The highest BCUT2D eigenvalue weighted by Crippen LogP contribution is 2.29. The molecule has 1 aliphatic rings. The van der Waals surface area contributed by atoms with Gasteiger partial charge in [0.15, 0.2) is 0 Å². The number of benzene rings is 3. The molecule has 7 nitrogen and oxygen atoms in total. The minimum atomic E-state index is -0.420. The van der Waals surface area contributed by atoms with E-state index in [2.05, 4.69) is 50.2 Å². The van der Waals surface area contributed by atoms with E-state index in [1.807, 2.05) is 60.7 Å². The Bertz CT molecular complexity index is 1290. The van der Waals surface area contributed by atoms with Crippen LogP contribution in [0.1, 0.15) is 37.4 Å². The van der Waals surface area contributed by atoms with Crippen molar-refractivity contribution in [2.24, 2.45) is 0 Å². The average molecular weight is 591 g/mol. The first kappa shape index (κ1) is 28.5. The van der Waals surface area contributed by atoms with Crippen LogP contribution in [-0.4, -0.2) is 53.8 Å². The van der Waals surface area contributed by atoms with Crippen LogP contribution >= 0.6 is 15.9 Å². The van der Waals surface area contributed by atoms with Crippen molar-refractivity contribution >= 4 is 50.9 Å². The van der Waals surface area contributed by atoms with Crippen LogP contribution in [0.25, 0.3) is 6.08 Å². The fraction of sp³-hybridized carbons (Fsp3) is 0.290. The van der Waals surface area contributed by atoms with Gasteiger partial charge < -0.3 is 16.4 Å². The van der Waals surface area contributed by atoms with Crippen LogP contribution in [-0.2, 0) is 9.59 Å². The van der Waals surface area contributed by atoms with Gasteiger partial charge in [-0.3, -0.25) is 19.4 Å². The van der Waals surface area contributed by atoms with Crippen LogP contribution in [0.5, 0.6) is 0 Å². The van der Waals surface area contributed by atoms with Crippen molar-refractivity contribution in [1.29, 1.82) is 0 Å². The topological polar surface area (TPSA) is 90.7 Å². The summed E-state index contributed by atoms with van der Waals surface area (Å²) in [6.45, 7) is 8.05. The number of hydrogen-bond donors (Lipinski definition) is 3. The zero-order valence-corrected chi connectivity index (χ0v) is 24.0. The maximum atomic E-state index is 13.6. The summed E-state index contributed by atoms with van der Waals surface area (Å²) in [6.07, 6.45) is 4.27. The van der Waals surface area contributed by atoms with Gasteiger partial charge in [0, 0.05) is 35.4 Å². The van der Waals surface area contributed by atoms with Gasteiger partial charge in [0.2, 0.25) is 11.8 Å². The Balaban J connectivity index is 1.50. The first-order valence-electron chi connectivity index (χ1n) is 13.4. The number of likely N-dealkylation sites (N-methyl/N-ethyl adjacent to an activating group) is 1. The molecule has 8 heteroatoms. The lowest BCUT2D eigenvalue weighted by molar-refractivity contribution is -0.121. The van der Waals surface area contributed by atoms with E-state index in [4.69, 9.17) is 5.73 Å². The first-order valence-corrected chi connectivity index (χ1v) is 14.1. The number of carbonyl (C=O) groups is 2. The second kappa shape index (κ2) is 13.6. The van der Waals surface area contributed by atoms with Gasteiger partial charge in [-0.2, -0.15) is 0 Å². The van der Waals surface area contributed by atoms with Crippen LogP contribution in [0, 0.1) is 0 Å². The Morgan fingerprint density at radius 2 is 1.72 bits per heavy atom. The normalized spacial score (nSPS) is 16.5. The second-order valence-electron chi connectivity index (χ2n) is 9.63. The molecule has 2 atom stereocenters. The number of nitrogens with two attached hydrogens (primary N) is 1. The summed E-state index contributed by atoms with van der Waals surface area (Å²) in [5.74, 6) is -0.316. The van der Waals surface area contributed by atoms with Gasteiger partial charge in [-0.1, -0.05) is 66.2 Å². The third-order valence-electron chi connectivity index (χ3n) is 7.15. The number of halogens is 1. The zero-order valence-electron chi connectivity index (χ0n) is 22.4. The second-order valence-corrected chi connectivity index (χ2v) is 10.5. The monoisotopic (exact) mass is 589 g/mol. The highest BCUT2D eigenvalue weighted by molar-refractivity contribution is 9.10. The molecule has 3 aromatic rings. The lowest BCUT2D eigenvalue weighted by Crippen LogP contribution is -2.40. The van der Waals surface area contributed by atoms with Crippen molar-refractivity contribution < 1.29 is 9.59 Å². The number of nitrogens with zero attached hydrogens (tertiary/aromatic N) is 2. The molecule has 1 aliphatic heterocycles. The van der Waals surface area contributed by atoms with Crippen molar-refractivity contribution in [2.45, 2.75) is 32.4 Å². The Kier molecular flexibility index (Phi) is 9.92. The molecule has 0 spiro atoms. The maximum absolute atomic E-state index is 13.6. The lowest BCUT2D eigenvalue weighted by atomic mass is 10.0. The zero-order chi connectivity index (χ0) is 27.8. The fourth-order valence-electron chi connectivity index (χ4n) is 5.06. The average Bonchev–Trinajstić information content (AvgIpc) is 3.41.